The van der Waals surface area contributed by atoms with Gasteiger partial charge >= 0.3 is 5.97 Å². The summed E-state index contributed by atoms with van der Waals surface area (Å²) in [6.07, 6.45) is 0. The van der Waals surface area contributed by atoms with Crippen molar-refractivity contribution in [2.45, 2.75) is 0 Å². The van der Waals surface area contributed by atoms with E-state index in [0.717, 1.165) is 24.5 Å². The summed E-state index contributed by atoms with van der Waals surface area (Å²) in [4.78, 5) is 13.9. The van der Waals surface area contributed by atoms with Gasteiger partial charge in [0, 0.05) is 18.7 Å². The largest absolute Gasteiger partial charge is 0.486 e. The van der Waals surface area contributed by atoms with Gasteiger partial charge in [-0.15, -0.1) is 10.2 Å². The predicted octanol–water partition coefficient (Wildman–Crippen LogP) is 1.64. The zero-order valence-electron chi connectivity index (χ0n) is 16.0. The monoisotopic (exact) mass is 409 g/mol. The van der Waals surface area contributed by atoms with Crippen molar-refractivity contribution >= 4 is 11.8 Å². The molecular formula is C20H19N5O5. The Balaban J connectivity index is 1.48. The molecule has 5 rings (SSSR count). The molecule has 0 atom stereocenters. The summed E-state index contributed by atoms with van der Waals surface area (Å²) < 4.78 is 17.8. The molecule has 0 spiro atoms. The SMILES string of the molecule is O=C(O)c1cc(-c2ccc3c(c2)OCCO3)nn1-c1ccc(N2CCOCC2)nn1. The van der Waals surface area contributed by atoms with Gasteiger partial charge in [0.05, 0.1) is 18.9 Å². The molecule has 10 nitrogen and oxygen atoms in total. The summed E-state index contributed by atoms with van der Waals surface area (Å²) in [6.45, 7) is 3.74. The molecule has 0 bridgehead atoms. The Hall–Kier alpha value is -3.66. The van der Waals surface area contributed by atoms with Gasteiger partial charge in [0.1, 0.15) is 13.2 Å². The van der Waals surface area contributed by atoms with E-state index in [2.05, 4.69) is 20.2 Å². The molecule has 10 heteroatoms. The minimum absolute atomic E-state index is 0.00619. The van der Waals surface area contributed by atoms with Gasteiger partial charge in [-0.25, -0.2) is 9.48 Å². The Morgan fingerprint density at radius 2 is 1.63 bits per heavy atom. The van der Waals surface area contributed by atoms with Crippen molar-refractivity contribution in [3.8, 4) is 28.6 Å². The smallest absolute Gasteiger partial charge is 0.354 e. The number of carbonyl (C=O) groups is 1. The molecule has 4 heterocycles. The van der Waals surface area contributed by atoms with Crippen LogP contribution in [0.25, 0.3) is 17.1 Å². The first kappa shape index (κ1) is 18.4. The van der Waals surface area contributed by atoms with Gasteiger partial charge in [0.25, 0.3) is 0 Å². The minimum atomic E-state index is -1.11. The number of aromatic carboxylic acids is 1. The second-order valence-electron chi connectivity index (χ2n) is 6.84. The number of hydrogen-bond acceptors (Lipinski definition) is 8. The molecule has 0 saturated carbocycles. The van der Waals surface area contributed by atoms with E-state index < -0.39 is 5.97 Å². The molecule has 0 unspecified atom stereocenters. The van der Waals surface area contributed by atoms with Gasteiger partial charge in [-0.3, -0.25) is 0 Å². The molecule has 2 aliphatic heterocycles. The highest BCUT2D eigenvalue weighted by molar-refractivity contribution is 5.88. The normalized spacial score (nSPS) is 15.8. The summed E-state index contributed by atoms with van der Waals surface area (Å²) in [5, 5.41) is 22.6. The fourth-order valence-electron chi connectivity index (χ4n) is 3.44. The summed E-state index contributed by atoms with van der Waals surface area (Å²) in [6, 6.07) is 10.4. The Labute approximate surface area is 171 Å². The van der Waals surface area contributed by atoms with Gasteiger partial charge in [-0.2, -0.15) is 5.10 Å². The van der Waals surface area contributed by atoms with Crippen molar-refractivity contribution in [2.75, 3.05) is 44.4 Å². The molecule has 0 amide bonds. The number of hydrogen-bond donors (Lipinski definition) is 1. The van der Waals surface area contributed by atoms with Crippen LogP contribution < -0.4 is 14.4 Å². The van der Waals surface area contributed by atoms with Crippen molar-refractivity contribution in [3.05, 3.63) is 42.1 Å². The third-order valence-electron chi connectivity index (χ3n) is 4.95. The van der Waals surface area contributed by atoms with Crippen LogP contribution in [-0.4, -0.2) is 70.6 Å². The van der Waals surface area contributed by atoms with Crippen LogP contribution in [0, 0.1) is 0 Å². The molecule has 1 aromatic carbocycles. The fourth-order valence-corrected chi connectivity index (χ4v) is 3.44. The number of carboxylic acid groups (broad SMARTS) is 1. The molecule has 2 aromatic heterocycles. The molecule has 0 radical (unpaired) electrons. The van der Waals surface area contributed by atoms with Crippen molar-refractivity contribution in [3.63, 3.8) is 0 Å². The Morgan fingerprint density at radius 1 is 0.900 bits per heavy atom. The van der Waals surface area contributed by atoms with E-state index in [4.69, 9.17) is 14.2 Å². The van der Waals surface area contributed by atoms with Crippen LogP contribution in [0.4, 0.5) is 5.82 Å². The quantitative estimate of drug-likeness (QED) is 0.687. The number of carboxylic acids is 1. The summed E-state index contributed by atoms with van der Waals surface area (Å²) in [7, 11) is 0. The van der Waals surface area contributed by atoms with Crippen LogP contribution in [0.2, 0.25) is 0 Å². The van der Waals surface area contributed by atoms with E-state index in [1.807, 2.05) is 12.1 Å². The van der Waals surface area contributed by atoms with Crippen LogP contribution in [0.3, 0.4) is 0 Å². The number of anilines is 1. The number of fused-ring (bicyclic) bond motifs is 1. The van der Waals surface area contributed by atoms with Gasteiger partial charge in [-0.05, 0) is 36.4 Å². The molecule has 2 aliphatic rings. The van der Waals surface area contributed by atoms with E-state index in [-0.39, 0.29) is 5.69 Å². The van der Waals surface area contributed by atoms with Gasteiger partial charge in [-0.1, -0.05) is 0 Å². The van der Waals surface area contributed by atoms with Crippen LogP contribution in [-0.2, 0) is 4.74 Å². The van der Waals surface area contributed by atoms with Crippen molar-refractivity contribution in [1.82, 2.24) is 20.0 Å². The summed E-state index contributed by atoms with van der Waals surface area (Å²) >= 11 is 0. The number of nitrogens with zero attached hydrogens (tertiary/aromatic N) is 5. The minimum Gasteiger partial charge on any atom is -0.486 e. The Morgan fingerprint density at radius 3 is 2.37 bits per heavy atom. The summed E-state index contributed by atoms with van der Waals surface area (Å²) in [5.41, 5.74) is 1.20. The maximum Gasteiger partial charge on any atom is 0.354 e. The number of morpholine rings is 1. The number of ether oxygens (including phenoxy) is 3. The first-order valence-electron chi connectivity index (χ1n) is 9.59. The van der Waals surface area contributed by atoms with E-state index >= 15 is 0 Å². The first-order chi connectivity index (χ1) is 14.7. The molecule has 0 aliphatic carbocycles. The molecule has 154 valence electrons. The molecular weight excluding hydrogens is 390 g/mol. The van der Waals surface area contributed by atoms with Crippen LogP contribution in [0.1, 0.15) is 10.5 Å². The molecule has 30 heavy (non-hydrogen) atoms. The van der Waals surface area contributed by atoms with Crippen molar-refractivity contribution < 1.29 is 24.1 Å². The zero-order valence-corrected chi connectivity index (χ0v) is 16.0. The third kappa shape index (κ3) is 3.41. The highest BCUT2D eigenvalue weighted by Gasteiger charge is 2.20. The first-order valence-corrected chi connectivity index (χ1v) is 9.59. The van der Waals surface area contributed by atoms with Gasteiger partial charge in [0.15, 0.2) is 28.8 Å². The van der Waals surface area contributed by atoms with E-state index in [1.165, 1.54) is 10.7 Å². The highest BCUT2D eigenvalue weighted by atomic mass is 16.6. The van der Waals surface area contributed by atoms with Crippen LogP contribution in [0.15, 0.2) is 36.4 Å². The highest BCUT2D eigenvalue weighted by Crippen LogP contribution is 2.34. The lowest BCUT2D eigenvalue weighted by atomic mass is 10.1. The molecule has 1 N–H and O–H groups in total. The maximum absolute atomic E-state index is 11.8. The predicted molar refractivity (Wildman–Crippen MR) is 106 cm³/mol. The lowest BCUT2D eigenvalue weighted by Gasteiger charge is -2.27. The van der Waals surface area contributed by atoms with Crippen molar-refractivity contribution in [1.29, 1.82) is 0 Å². The lowest BCUT2D eigenvalue weighted by molar-refractivity contribution is 0.0686. The van der Waals surface area contributed by atoms with Crippen LogP contribution >= 0.6 is 0 Å². The van der Waals surface area contributed by atoms with Crippen LogP contribution in [0.5, 0.6) is 11.5 Å². The van der Waals surface area contributed by atoms with E-state index in [9.17, 15) is 9.90 Å². The van der Waals surface area contributed by atoms with Gasteiger partial charge < -0.3 is 24.2 Å². The maximum atomic E-state index is 11.8. The topological polar surface area (TPSA) is 112 Å². The second-order valence-corrected chi connectivity index (χ2v) is 6.84. The summed E-state index contributed by atoms with van der Waals surface area (Å²) in [5.74, 6) is 1.21. The lowest BCUT2D eigenvalue weighted by Crippen LogP contribution is -2.36. The van der Waals surface area contributed by atoms with Crippen molar-refractivity contribution in [2.24, 2.45) is 0 Å². The Kier molecular flexibility index (Phi) is 4.68. The Bertz CT molecular complexity index is 1080. The average molecular weight is 409 g/mol. The molecule has 3 aromatic rings. The average Bonchev–Trinajstić information content (AvgIpc) is 3.25. The zero-order chi connectivity index (χ0) is 20.5. The van der Waals surface area contributed by atoms with E-state index in [1.54, 1.807) is 18.2 Å². The third-order valence-corrected chi connectivity index (χ3v) is 4.95. The van der Waals surface area contributed by atoms with E-state index in [0.29, 0.717) is 49.4 Å². The number of aromatic nitrogens is 4. The number of rotatable bonds is 4. The number of benzene rings is 1. The van der Waals surface area contributed by atoms with Gasteiger partial charge in [0.2, 0.25) is 0 Å². The standard InChI is InChI=1S/C20H19N5O5/c26-20(27)15-12-14(13-1-2-16-17(11-13)30-10-9-29-16)23-25(15)19-4-3-18(21-22-19)24-5-7-28-8-6-24/h1-4,11-12H,5-10H2,(H,26,27). The second kappa shape index (κ2) is 7.64. The fraction of sp³-hybridized carbons (Fsp3) is 0.300. The molecule has 1 saturated heterocycles. The molecule has 1 fully saturated rings.